The van der Waals surface area contributed by atoms with Gasteiger partial charge in [0.25, 0.3) is 5.91 Å². The number of halogens is 3. The number of hydrogen-bond donors (Lipinski definition) is 1. The van der Waals surface area contributed by atoms with Crippen LogP contribution in [0.3, 0.4) is 0 Å². The fourth-order valence-electron chi connectivity index (χ4n) is 2.03. The van der Waals surface area contributed by atoms with Crippen LogP contribution in [0.15, 0.2) is 48.5 Å². The molecule has 0 bridgehead atoms. The number of anilines is 1. The van der Waals surface area contributed by atoms with Crippen molar-refractivity contribution < 1.29 is 32.2 Å². The van der Waals surface area contributed by atoms with E-state index in [4.69, 9.17) is 4.74 Å². The van der Waals surface area contributed by atoms with Gasteiger partial charge in [-0.05, 0) is 50.2 Å². The molecular weight excluding hydrogens is 351 g/mol. The number of rotatable bonds is 6. The van der Waals surface area contributed by atoms with Gasteiger partial charge >= 0.3 is 6.36 Å². The predicted octanol–water partition coefficient (Wildman–Crippen LogP) is 4.19. The number of Topliss-reactive ketones (excluding diaryl/α,β-unsaturated/α-hetero) is 1. The van der Waals surface area contributed by atoms with Crippen LogP contribution >= 0.6 is 0 Å². The molecule has 2 rings (SSSR count). The Morgan fingerprint density at radius 3 is 2.27 bits per heavy atom. The monoisotopic (exact) mass is 367 g/mol. The van der Waals surface area contributed by atoms with Crippen molar-refractivity contribution in [3.8, 4) is 11.5 Å². The maximum atomic E-state index is 12.1. The minimum absolute atomic E-state index is 0.131. The van der Waals surface area contributed by atoms with Gasteiger partial charge in [-0.25, -0.2) is 0 Å². The van der Waals surface area contributed by atoms with E-state index in [0.29, 0.717) is 11.3 Å². The minimum Gasteiger partial charge on any atom is -0.481 e. The zero-order valence-corrected chi connectivity index (χ0v) is 14.0. The molecule has 8 heteroatoms. The van der Waals surface area contributed by atoms with Crippen LogP contribution in [-0.4, -0.2) is 24.2 Å². The average Bonchev–Trinajstić information content (AvgIpc) is 2.55. The largest absolute Gasteiger partial charge is 0.573 e. The van der Waals surface area contributed by atoms with Crippen LogP contribution in [0.2, 0.25) is 0 Å². The van der Waals surface area contributed by atoms with Crippen molar-refractivity contribution in [2.45, 2.75) is 26.3 Å². The maximum Gasteiger partial charge on any atom is 0.573 e. The highest BCUT2D eigenvalue weighted by Crippen LogP contribution is 2.24. The molecule has 0 saturated carbocycles. The summed E-state index contributed by atoms with van der Waals surface area (Å²) in [7, 11) is 0. The minimum atomic E-state index is -4.78. The Bertz CT molecular complexity index is 788. The molecule has 0 fully saturated rings. The van der Waals surface area contributed by atoms with Crippen LogP contribution in [0, 0.1) is 0 Å². The Labute approximate surface area is 147 Å². The molecule has 5 nitrogen and oxygen atoms in total. The maximum absolute atomic E-state index is 12.1. The smallest absolute Gasteiger partial charge is 0.481 e. The van der Waals surface area contributed by atoms with Gasteiger partial charge in [-0.1, -0.05) is 12.1 Å². The van der Waals surface area contributed by atoms with E-state index in [0.717, 1.165) is 12.1 Å². The third kappa shape index (κ3) is 5.80. The Morgan fingerprint density at radius 2 is 1.69 bits per heavy atom. The lowest BCUT2D eigenvalue weighted by Crippen LogP contribution is -2.30. The summed E-state index contributed by atoms with van der Waals surface area (Å²) in [5, 5.41) is 2.52. The van der Waals surface area contributed by atoms with Gasteiger partial charge in [-0.3, -0.25) is 9.59 Å². The number of ether oxygens (including phenoxy) is 2. The predicted molar refractivity (Wildman–Crippen MR) is 88.3 cm³/mol. The molecule has 0 aliphatic rings. The lowest BCUT2D eigenvalue weighted by Gasteiger charge is -2.15. The summed E-state index contributed by atoms with van der Waals surface area (Å²) in [4.78, 5) is 23.5. The van der Waals surface area contributed by atoms with Crippen LogP contribution < -0.4 is 14.8 Å². The van der Waals surface area contributed by atoms with Crippen molar-refractivity contribution in [1.29, 1.82) is 0 Å². The fourth-order valence-corrected chi connectivity index (χ4v) is 2.03. The summed E-state index contributed by atoms with van der Waals surface area (Å²) < 4.78 is 45.6. The molecule has 0 heterocycles. The first-order valence-corrected chi connectivity index (χ1v) is 7.58. The van der Waals surface area contributed by atoms with E-state index in [1.807, 2.05) is 0 Å². The van der Waals surface area contributed by atoms with Crippen molar-refractivity contribution in [3.63, 3.8) is 0 Å². The van der Waals surface area contributed by atoms with E-state index in [1.165, 1.54) is 32.0 Å². The molecule has 0 spiro atoms. The summed E-state index contributed by atoms with van der Waals surface area (Å²) in [6.07, 6.45) is -5.66. The second-order valence-electron chi connectivity index (χ2n) is 5.41. The van der Waals surface area contributed by atoms with E-state index < -0.39 is 18.4 Å². The Kier molecular flexibility index (Phi) is 5.86. The molecule has 2 aromatic rings. The zero-order valence-electron chi connectivity index (χ0n) is 14.0. The Hall–Kier alpha value is -3.03. The van der Waals surface area contributed by atoms with Crippen LogP contribution in [-0.2, 0) is 4.79 Å². The number of hydrogen-bond acceptors (Lipinski definition) is 4. The number of carbonyl (C=O) groups excluding carboxylic acids is 2. The molecule has 26 heavy (non-hydrogen) atoms. The first-order valence-electron chi connectivity index (χ1n) is 7.58. The van der Waals surface area contributed by atoms with E-state index in [9.17, 15) is 22.8 Å². The number of ketones is 1. The molecule has 1 atom stereocenters. The first kappa shape index (κ1) is 19.3. The van der Waals surface area contributed by atoms with E-state index in [-0.39, 0.29) is 17.2 Å². The number of nitrogens with one attached hydrogen (secondary N) is 1. The topological polar surface area (TPSA) is 64.6 Å². The molecule has 1 amide bonds. The molecule has 2 aromatic carbocycles. The molecule has 0 radical (unpaired) electrons. The molecule has 0 saturated heterocycles. The second kappa shape index (κ2) is 7.90. The lowest BCUT2D eigenvalue weighted by molar-refractivity contribution is -0.274. The van der Waals surface area contributed by atoms with Gasteiger partial charge in [0.2, 0.25) is 0 Å². The number of benzene rings is 2. The average molecular weight is 367 g/mol. The molecular formula is C18H16F3NO4. The van der Waals surface area contributed by atoms with Gasteiger partial charge in [-0.15, -0.1) is 13.2 Å². The fraction of sp³-hybridized carbons (Fsp3) is 0.222. The molecule has 1 unspecified atom stereocenters. The molecule has 138 valence electrons. The highest BCUT2D eigenvalue weighted by atomic mass is 19.4. The van der Waals surface area contributed by atoms with Crippen molar-refractivity contribution >= 4 is 17.4 Å². The third-order valence-electron chi connectivity index (χ3n) is 3.28. The van der Waals surface area contributed by atoms with Crippen LogP contribution in [0.25, 0.3) is 0 Å². The van der Waals surface area contributed by atoms with Crippen LogP contribution in [0.5, 0.6) is 11.5 Å². The highest BCUT2D eigenvalue weighted by molar-refractivity contribution is 5.95. The highest BCUT2D eigenvalue weighted by Gasteiger charge is 2.31. The quantitative estimate of drug-likeness (QED) is 0.778. The standard InChI is InChI=1S/C18H16F3NO4/c1-11(23)13-4-3-5-16(10-13)25-12(2)17(24)22-14-6-8-15(9-7-14)26-18(19,20)21/h3-10,12H,1-2H3,(H,22,24). The molecule has 1 N–H and O–H groups in total. The van der Waals surface area contributed by atoms with Crippen molar-refractivity contribution in [3.05, 3.63) is 54.1 Å². The van der Waals surface area contributed by atoms with Gasteiger partial charge in [0.05, 0.1) is 0 Å². The molecule has 0 aromatic heterocycles. The normalized spacial score (nSPS) is 12.2. The SMILES string of the molecule is CC(=O)c1cccc(OC(C)C(=O)Nc2ccc(OC(F)(F)F)cc2)c1. The van der Waals surface area contributed by atoms with Crippen molar-refractivity contribution in [1.82, 2.24) is 0 Å². The molecule has 0 aliphatic carbocycles. The summed E-state index contributed by atoms with van der Waals surface area (Å²) in [6, 6.07) is 11.1. The van der Waals surface area contributed by atoms with E-state index >= 15 is 0 Å². The van der Waals surface area contributed by atoms with E-state index in [2.05, 4.69) is 10.1 Å². The molecule has 0 aliphatic heterocycles. The Morgan fingerprint density at radius 1 is 1.04 bits per heavy atom. The van der Waals surface area contributed by atoms with Crippen LogP contribution in [0.1, 0.15) is 24.2 Å². The van der Waals surface area contributed by atoms with Crippen molar-refractivity contribution in [2.24, 2.45) is 0 Å². The van der Waals surface area contributed by atoms with Gasteiger partial charge in [0.1, 0.15) is 11.5 Å². The summed E-state index contributed by atoms with van der Waals surface area (Å²) in [5.74, 6) is -0.661. The number of alkyl halides is 3. The van der Waals surface area contributed by atoms with Crippen molar-refractivity contribution in [2.75, 3.05) is 5.32 Å². The number of amides is 1. The lowest BCUT2D eigenvalue weighted by atomic mass is 10.1. The van der Waals surface area contributed by atoms with Gasteiger partial charge in [0.15, 0.2) is 11.9 Å². The zero-order chi connectivity index (χ0) is 19.3. The first-order chi connectivity index (χ1) is 12.1. The van der Waals surface area contributed by atoms with Crippen LogP contribution in [0.4, 0.5) is 18.9 Å². The summed E-state index contributed by atoms with van der Waals surface area (Å²) in [5.41, 5.74) is 0.743. The van der Waals surface area contributed by atoms with Gasteiger partial charge in [-0.2, -0.15) is 0 Å². The second-order valence-corrected chi connectivity index (χ2v) is 5.41. The summed E-state index contributed by atoms with van der Waals surface area (Å²) >= 11 is 0. The van der Waals surface area contributed by atoms with E-state index in [1.54, 1.807) is 18.2 Å². The van der Waals surface area contributed by atoms with Gasteiger partial charge in [0, 0.05) is 11.3 Å². The number of carbonyl (C=O) groups is 2. The third-order valence-corrected chi connectivity index (χ3v) is 3.28. The van der Waals surface area contributed by atoms with Gasteiger partial charge < -0.3 is 14.8 Å². The Balaban J connectivity index is 1.96. The summed E-state index contributed by atoms with van der Waals surface area (Å²) in [6.45, 7) is 2.93.